The van der Waals surface area contributed by atoms with Crippen LogP contribution in [0.2, 0.25) is 0 Å². The van der Waals surface area contributed by atoms with Gasteiger partial charge in [-0.2, -0.15) is 11.8 Å². The Bertz CT molecular complexity index is 249. The van der Waals surface area contributed by atoms with Crippen LogP contribution >= 0.6 is 11.8 Å². The summed E-state index contributed by atoms with van der Waals surface area (Å²) in [6.07, 6.45) is 4.75. The molecule has 1 aliphatic rings. The summed E-state index contributed by atoms with van der Waals surface area (Å²) < 4.78 is 0. The monoisotopic (exact) mass is 272 g/mol. The molecule has 18 heavy (non-hydrogen) atoms. The van der Waals surface area contributed by atoms with E-state index < -0.39 is 0 Å². The van der Waals surface area contributed by atoms with E-state index >= 15 is 0 Å². The highest BCUT2D eigenvalue weighted by atomic mass is 32.2. The lowest BCUT2D eigenvalue weighted by atomic mass is 9.81. The number of thioether (sulfide) groups is 1. The average molecular weight is 273 g/mol. The van der Waals surface area contributed by atoms with Crippen LogP contribution in [0.3, 0.4) is 0 Å². The van der Waals surface area contributed by atoms with E-state index in [1.165, 1.54) is 31.7 Å². The van der Waals surface area contributed by atoms with Crippen LogP contribution in [0.1, 0.15) is 47.5 Å². The normalized spacial score (nSPS) is 30.7. The van der Waals surface area contributed by atoms with Crippen LogP contribution in [0, 0.1) is 5.41 Å². The Balaban J connectivity index is 2.65. The molecule has 1 N–H and O–H groups in total. The number of hydrogen-bond donors (Lipinski definition) is 1. The number of hydrogen-bond acceptors (Lipinski definition) is 3. The Hall–Kier alpha value is 0.270. The fraction of sp³-hybridized carbons (Fsp3) is 1.00. The number of piperazine rings is 1. The topological polar surface area (TPSA) is 15.3 Å². The number of nitrogens with zero attached hydrogens (tertiary/aromatic N) is 1. The van der Waals surface area contributed by atoms with Crippen molar-refractivity contribution in [3.63, 3.8) is 0 Å². The smallest absolute Gasteiger partial charge is 0.0303 e. The van der Waals surface area contributed by atoms with Crippen LogP contribution in [0.25, 0.3) is 0 Å². The van der Waals surface area contributed by atoms with Crippen molar-refractivity contribution in [3.8, 4) is 0 Å². The summed E-state index contributed by atoms with van der Waals surface area (Å²) in [6, 6.07) is 0.617. The zero-order valence-electron chi connectivity index (χ0n) is 13.2. The Morgan fingerprint density at radius 2 is 2.06 bits per heavy atom. The molecule has 0 aliphatic carbocycles. The maximum atomic E-state index is 3.77. The molecule has 0 amide bonds. The second-order valence-corrected chi connectivity index (χ2v) is 7.93. The molecule has 0 aromatic rings. The predicted molar refractivity (Wildman–Crippen MR) is 84.5 cm³/mol. The molecule has 1 heterocycles. The van der Waals surface area contributed by atoms with Gasteiger partial charge in [-0.05, 0) is 43.7 Å². The van der Waals surface area contributed by atoms with Crippen LogP contribution in [0.4, 0.5) is 0 Å². The minimum atomic E-state index is 0.347. The fourth-order valence-electron chi connectivity index (χ4n) is 2.65. The van der Waals surface area contributed by atoms with Crippen molar-refractivity contribution in [3.05, 3.63) is 0 Å². The van der Waals surface area contributed by atoms with E-state index in [-0.39, 0.29) is 0 Å². The maximum absolute atomic E-state index is 3.77. The second-order valence-electron chi connectivity index (χ2n) is 6.94. The molecule has 0 aromatic carbocycles. The quantitative estimate of drug-likeness (QED) is 0.774. The largest absolute Gasteiger partial charge is 0.310 e. The molecule has 1 aliphatic heterocycles. The van der Waals surface area contributed by atoms with Crippen molar-refractivity contribution in [1.29, 1.82) is 0 Å². The molecule has 2 atom stereocenters. The molecule has 1 saturated heterocycles. The lowest BCUT2D eigenvalue weighted by molar-refractivity contribution is 0.0225. The third-order valence-electron chi connectivity index (χ3n) is 4.48. The first-order chi connectivity index (χ1) is 8.33. The van der Waals surface area contributed by atoms with E-state index in [9.17, 15) is 0 Å². The van der Waals surface area contributed by atoms with Crippen LogP contribution < -0.4 is 5.32 Å². The van der Waals surface area contributed by atoms with E-state index in [2.05, 4.69) is 51.1 Å². The summed E-state index contributed by atoms with van der Waals surface area (Å²) in [5.74, 6) is 1.28. The van der Waals surface area contributed by atoms with Crippen LogP contribution in [0.5, 0.6) is 0 Å². The molecule has 3 heteroatoms. The SMILES string of the molecule is CCC1(C)CNC(C(C)(C)C)CN1CCCSC. The minimum absolute atomic E-state index is 0.347. The summed E-state index contributed by atoms with van der Waals surface area (Å²) >= 11 is 1.96. The molecular weight excluding hydrogens is 240 g/mol. The number of rotatable bonds is 5. The minimum Gasteiger partial charge on any atom is -0.310 e. The van der Waals surface area contributed by atoms with Gasteiger partial charge >= 0.3 is 0 Å². The molecular formula is C15H32N2S. The first kappa shape index (κ1) is 16.3. The average Bonchev–Trinajstić information content (AvgIpc) is 2.30. The highest BCUT2D eigenvalue weighted by Crippen LogP contribution is 2.29. The van der Waals surface area contributed by atoms with Gasteiger partial charge in [0.15, 0.2) is 0 Å². The van der Waals surface area contributed by atoms with Gasteiger partial charge in [0, 0.05) is 24.7 Å². The Labute approximate surface area is 118 Å². The van der Waals surface area contributed by atoms with Gasteiger partial charge in [-0.3, -0.25) is 4.90 Å². The molecule has 0 bridgehead atoms. The Morgan fingerprint density at radius 1 is 1.39 bits per heavy atom. The van der Waals surface area contributed by atoms with E-state index in [1.807, 2.05) is 11.8 Å². The van der Waals surface area contributed by atoms with Gasteiger partial charge in [0.05, 0.1) is 0 Å². The van der Waals surface area contributed by atoms with Crippen molar-refractivity contribution >= 4 is 11.8 Å². The van der Waals surface area contributed by atoms with E-state index in [0.29, 0.717) is 17.0 Å². The summed E-state index contributed by atoms with van der Waals surface area (Å²) in [4.78, 5) is 2.73. The summed E-state index contributed by atoms with van der Waals surface area (Å²) in [5.41, 5.74) is 0.701. The van der Waals surface area contributed by atoms with Gasteiger partial charge in [-0.25, -0.2) is 0 Å². The second kappa shape index (κ2) is 6.62. The van der Waals surface area contributed by atoms with Crippen LogP contribution in [-0.2, 0) is 0 Å². The molecule has 0 saturated carbocycles. The molecule has 0 spiro atoms. The fourth-order valence-corrected chi connectivity index (χ4v) is 3.07. The van der Waals surface area contributed by atoms with Crippen molar-refractivity contribution < 1.29 is 0 Å². The van der Waals surface area contributed by atoms with Gasteiger partial charge in [-0.1, -0.05) is 27.7 Å². The summed E-state index contributed by atoms with van der Waals surface area (Å²) in [5, 5.41) is 3.77. The van der Waals surface area contributed by atoms with Crippen molar-refractivity contribution in [2.75, 3.05) is 31.6 Å². The van der Waals surface area contributed by atoms with Crippen molar-refractivity contribution in [2.24, 2.45) is 5.41 Å². The predicted octanol–water partition coefficient (Wildman–Crippen LogP) is 3.23. The van der Waals surface area contributed by atoms with Gasteiger partial charge in [-0.15, -0.1) is 0 Å². The maximum Gasteiger partial charge on any atom is 0.0303 e. The Kier molecular flexibility index (Phi) is 6.01. The highest BCUT2D eigenvalue weighted by Gasteiger charge is 2.39. The van der Waals surface area contributed by atoms with Gasteiger partial charge in [0.25, 0.3) is 0 Å². The van der Waals surface area contributed by atoms with Gasteiger partial charge in [0.2, 0.25) is 0 Å². The lowest BCUT2D eigenvalue weighted by Gasteiger charge is -2.51. The van der Waals surface area contributed by atoms with E-state index in [4.69, 9.17) is 0 Å². The molecule has 108 valence electrons. The molecule has 0 radical (unpaired) electrons. The standard InChI is InChI=1S/C15H32N2S/c1-7-15(5)12-16-13(14(2,3)4)11-17(15)9-8-10-18-6/h13,16H,7-12H2,1-6H3. The van der Waals surface area contributed by atoms with E-state index in [0.717, 1.165) is 6.54 Å². The Morgan fingerprint density at radius 3 is 2.56 bits per heavy atom. The lowest BCUT2D eigenvalue weighted by Crippen LogP contribution is -2.65. The van der Waals surface area contributed by atoms with Gasteiger partial charge in [0.1, 0.15) is 0 Å². The molecule has 2 unspecified atom stereocenters. The van der Waals surface area contributed by atoms with Crippen LogP contribution in [0.15, 0.2) is 0 Å². The van der Waals surface area contributed by atoms with Crippen LogP contribution in [-0.4, -0.2) is 48.1 Å². The van der Waals surface area contributed by atoms with Crippen molar-refractivity contribution in [2.45, 2.75) is 59.0 Å². The van der Waals surface area contributed by atoms with E-state index in [1.54, 1.807) is 0 Å². The molecule has 0 aromatic heterocycles. The highest BCUT2D eigenvalue weighted by molar-refractivity contribution is 7.98. The summed E-state index contributed by atoms with van der Waals surface area (Å²) in [7, 11) is 0. The van der Waals surface area contributed by atoms with Gasteiger partial charge < -0.3 is 5.32 Å². The third-order valence-corrected chi connectivity index (χ3v) is 5.18. The number of nitrogens with one attached hydrogen (secondary N) is 1. The first-order valence-electron chi connectivity index (χ1n) is 7.31. The first-order valence-corrected chi connectivity index (χ1v) is 8.70. The zero-order chi connectivity index (χ0) is 13.8. The molecule has 2 nitrogen and oxygen atoms in total. The molecule has 1 rings (SSSR count). The summed E-state index contributed by atoms with van der Waals surface area (Å²) in [6.45, 7) is 15.4. The van der Waals surface area contributed by atoms with Crippen molar-refractivity contribution in [1.82, 2.24) is 10.2 Å². The zero-order valence-corrected chi connectivity index (χ0v) is 14.0. The molecule has 1 fully saturated rings. The third kappa shape index (κ3) is 4.14.